The Balaban J connectivity index is 2.27. The molecule has 0 saturated carbocycles. The lowest BCUT2D eigenvalue weighted by molar-refractivity contribution is -0.134. The summed E-state index contributed by atoms with van der Waals surface area (Å²) >= 11 is 0. The van der Waals surface area contributed by atoms with Crippen LogP contribution in [0.2, 0.25) is 0 Å². The van der Waals surface area contributed by atoms with Gasteiger partial charge in [0.1, 0.15) is 5.75 Å². The number of esters is 1. The Kier molecular flexibility index (Phi) is 6.33. The fourth-order valence-corrected chi connectivity index (χ4v) is 3.77. The summed E-state index contributed by atoms with van der Waals surface area (Å²) in [7, 11) is -3.62. The first-order valence-electron chi connectivity index (χ1n) is 8.24. The van der Waals surface area contributed by atoms with E-state index in [0.717, 1.165) is 5.56 Å². The molecule has 2 rings (SSSR count). The molecule has 0 spiro atoms. The van der Waals surface area contributed by atoms with Crippen LogP contribution < -0.4 is 10.5 Å². The van der Waals surface area contributed by atoms with Gasteiger partial charge in [0.05, 0.1) is 9.79 Å². The first-order valence-corrected chi connectivity index (χ1v) is 9.72. The van der Waals surface area contributed by atoms with Gasteiger partial charge in [-0.1, -0.05) is 19.1 Å². The van der Waals surface area contributed by atoms with Crippen molar-refractivity contribution in [2.75, 3.05) is 6.54 Å². The molecule has 6 heteroatoms. The van der Waals surface area contributed by atoms with E-state index in [1.54, 1.807) is 31.2 Å². The summed E-state index contributed by atoms with van der Waals surface area (Å²) in [5, 5.41) is 0. The minimum absolute atomic E-state index is 0.173. The van der Waals surface area contributed by atoms with Gasteiger partial charge in [-0.3, -0.25) is 4.79 Å². The van der Waals surface area contributed by atoms with Crippen LogP contribution in [0.4, 0.5) is 0 Å². The molecule has 2 N–H and O–H groups in total. The predicted octanol–water partition coefficient (Wildman–Crippen LogP) is 3.03. The minimum Gasteiger partial charge on any atom is -0.426 e. The maximum atomic E-state index is 12.8. The first kappa shape index (κ1) is 19.1. The smallest absolute Gasteiger partial charge is 0.311 e. The van der Waals surface area contributed by atoms with Gasteiger partial charge in [-0.25, -0.2) is 8.42 Å². The van der Waals surface area contributed by atoms with Crippen molar-refractivity contribution >= 4 is 15.8 Å². The van der Waals surface area contributed by atoms with Crippen LogP contribution in [-0.2, 0) is 21.1 Å². The van der Waals surface area contributed by atoms with Crippen LogP contribution >= 0.6 is 0 Å². The summed E-state index contributed by atoms with van der Waals surface area (Å²) in [6.45, 7) is 4.13. The molecule has 0 aliphatic rings. The number of sulfone groups is 1. The van der Waals surface area contributed by atoms with Crippen molar-refractivity contribution in [2.24, 2.45) is 5.73 Å². The quantitative estimate of drug-likeness (QED) is 0.605. The second-order valence-electron chi connectivity index (χ2n) is 5.84. The van der Waals surface area contributed by atoms with E-state index < -0.39 is 9.84 Å². The van der Waals surface area contributed by atoms with Crippen molar-refractivity contribution in [3.63, 3.8) is 0 Å². The molecule has 0 atom stereocenters. The lowest BCUT2D eigenvalue weighted by atomic mass is 10.2. The maximum absolute atomic E-state index is 12.8. The van der Waals surface area contributed by atoms with E-state index in [9.17, 15) is 13.2 Å². The van der Waals surface area contributed by atoms with Crippen LogP contribution in [0.1, 0.15) is 30.9 Å². The van der Waals surface area contributed by atoms with Crippen molar-refractivity contribution in [1.29, 1.82) is 0 Å². The first-order chi connectivity index (χ1) is 11.9. The highest BCUT2D eigenvalue weighted by Gasteiger charge is 2.19. The van der Waals surface area contributed by atoms with Crippen molar-refractivity contribution in [2.45, 2.75) is 42.9 Å². The molecule has 2 aromatic carbocycles. The van der Waals surface area contributed by atoms with Crippen LogP contribution in [-0.4, -0.2) is 20.9 Å². The second kappa shape index (κ2) is 8.27. The van der Waals surface area contributed by atoms with E-state index in [0.29, 0.717) is 37.1 Å². The minimum atomic E-state index is -3.62. The van der Waals surface area contributed by atoms with Gasteiger partial charge >= 0.3 is 5.97 Å². The standard InChI is InChI=1S/C19H23NO4S/c1-3-4-19(21)24-18-10-9-17(13-14(18)2)25(22,23)16-7-5-15(6-8-16)11-12-20/h5-10,13H,3-4,11-12,20H2,1-2H3. The van der Waals surface area contributed by atoms with Gasteiger partial charge < -0.3 is 10.5 Å². The average Bonchev–Trinajstić information content (AvgIpc) is 2.57. The number of aryl methyl sites for hydroxylation is 1. The molecule has 0 aliphatic carbocycles. The number of rotatable bonds is 7. The number of hydrogen-bond acceptors (Lipinski definition) is 5. The summed E-state index contributed by atoms with van der Waals surface area (Å²) < 4.78 is 30.8. The van der Waals surface area contributed by atoms with Crippen molar-refractivity contribution in [3.05, 3.63) is 53.6 Å². The third-order valence-corrected chi connectivity index (χ3v) is 5.57. The molecule has 0 unspecified atom stereocenters. The van der Waals surface area contributed by atoms with Crippen molar-refractivity contribution < 1.29 is 17.9 Å². The van der Waals surface area contributed by atoms with Gasteiger partial charge in [0.2, 0.25) is 9.84 Å². The molecule has 5 nitrogen and oxygen atoms in total. The highest BCUT2D eigenvalue weighted by atomic mass is 32.2. The van der Waals surface area contributed by atoms with Crippen molar-refractivity contribution in [3.8, 4) is 5.75 Å². The lowest BCUT2D eigenvalue weighted by Crippen LogP contribution is -2.09. The Labute approximate surface area is 148 Å². The zero-order valence-electron chi connectivity index (χ0n) is 14.5. The largest absolute Gasteiger partial charge is 0.426 e. The molecule has 0 amide bonds. The topological polar surface area (TPSA) is 86.5 Å². The fraction of sp³-hybridized carbons (Fsp3) is 0.316. The molecule has 0 aromatic heterocycles. The maximum Gasteiger partial charge on any atom is 0.311 e. The number of carbonyl (C=O) groups is 1. The van der Waals surface area contributed by atoms with Gasteiger partial charge in [0, 0.05) is 6.42 Å². The summed E-state index contributed by atoms with van der Waals surface area (Å²) in [6.07, 6.45) is 1.73. The van der Waals surface area contributed by atoms with E-state index in [4.69, 9.17) is 10.5 Å². The molecular formula is C19H23NO4S. The zero-order valence-corrected chi connectivity index (χ0v) is 15.3. The second-order valence-corrected chi connectivity index (χ2v) is 7.79. The zero-order chi connectivity index (χ0) is 18.4. The number of benzene rings is 2. The van der Waals surface area contributed by atoms with Crippen molar-refractivity contribution in [1.82, 2.24) is 0 Å². The SMILES string of the molecule is CCCC(=O)Oc1ccc(S(=O)(=O)c2ccc(CCN)cc2)cc1C. The molecule has 134 valence electrons. The normalized spacial score (nSPS) is 11.3. The molecule has 0 fully saturated rings. The summed E-state index contributed by atoms with van der Waals surface area (Å²) in [6, 6.07) is 11.2. The monoisotopic (exact) mass is 361 g/mol. The molecule has 0 radical (unpaired) electrons. The van der Waals surface area contributed by atoms with E-state index in [2.05, 4.69) is 0 Å². The van der Waals surface area contributed by atoms with E-state index in [-0.39, 0.29) is 15.8 Å². The van der Waals surface area contributed by atoms with Crippen LogP contribution in [0.5, 0.6) is 5.75 Å². The van der Waals surface area contributed by atoms with E-state index in [1.807, 2.05) is 6.92 Å². The number of carbonyl (C=O) groups excluding carboxylic acids is 1. The Morgan fingerprint density at radius 2 is 1.72 bits per heavy atom. The molecule has 2 aromatic rings. The Hall–Kier alpha value is -2.18. The Bertz CT molecular complexity index is 842. The van der Waals surface area contributed by atoms with Gasteiger partial charge in [-0.2, -0.15) is 0 Å². The summed E-state index contributed by atoms with van der Waals surface area (Å²) in [5.41, 5.74) is 7.10. The van der Waals surface area contributed by atoms with Crippen LogP contribution in [0, 0.1) is 6.92 Å². The molecule has 0 saturated heterocycles. The number of hydrogen-bond donors (Lipinski definition) is 1. The van der Waals surface area contributed by atoms with Crippen LogP contribution in [0.25, 0.3) is 0 Å². The summed E-state index contributed by atoms with van der Waals surface area (Å²) in [4.78, 5) is 12.0. The van der Waals surface area contributed by atoms with Gasteiger partial charge in [-0.05, 0) is 67.8 Å². The molecular weight excluding hydrogens is 338 g/mol. The van der Waals surface area contributed by atoms with Gasteiger partial charge in [0.25, 0.3) is 0 Å². The predicted molar refractivity (Wildman–Crippen MR) is 96.4 cm³/mol. The molecule has 0 bridgehead atoms. The van der Waals surface area contributed by atoms with E-state index in [1.165, 1.54) is 18.2 Å². The number of ether oxygens (including phenoxy) is 1. The number of nitrogens with two attached hydrogens (primary N) is 1. The fourth-order valence-electron chi connectivity index (χ4n) is 2.42. The van der Waals surface area contributed by atoms with Crippen LogP contribution in [0.15, 0.2) is 52.3 Å². The van der Waals surface area contributed by atoms with Gasteiger partial charge in [0.15, 0.2) is 0 Å². The third-order valence-electron chi connectivity index (χ3n) is 3.80. The van der Waals surface area contributed by atoms with Gasteiger partial charge in [-0.15, -0.1) is 0 Å². The Morgan fingerprint density at radius 3 is 2.28 bits per heavy atom. The average molecular weight is 361 g/mol. The lowest BCUT2D eigenvalue weighted by Gasteiger charge is -2.10. The molecule has 0 aliphatic heterocycles. The highest BCUT2D eigenvalue weighted by Crippen LogP contribution is 2.27. The van der Waals surface area contributed by atoms with Crippen LogP contribution in [0.3, 0.4) is 0 Å². The molecule has 0 heterocycles. The highest BCUT2D eigenvalue weighted by molar-refractivity contribution is 7.91. The third kappa shape index (κ3) is 4.67. The molecule has 25 heavy (non-hydrogen) atoms. The van der Waals surface area contributed by atoms with E-state index >= 15 is 0 Å². The Morgan fingerprint density at radius 1 is 1.08 bits per heavy atom. The summed E-state index contributed by atoms with van der Waals surface area (Å²) in [5.74, 6) is 0.0624.